The Balaban J connectivity index is 1.72. The van der Waals surface area contributed by atoms with Crippen LogP contribution in [0.25, 0.3) is 33.9 Å². The van der Waals surface area contributed by atoms with Crippen LogP contribution in [0.2, 0.25) is 0 Å². The number of benzene rings is 2. The number of nitrogens with zero attached hydrogens (tertiary/aromatic N) is 3. The van der Waals surface area contributed by atoms with E-state index in [1.54, 1.807) is 18.2 Å². The fraction of sp³-hybridized carbons (Fsp3) is 0.118. The standard InChI is InChI=1S/C17H11F2N3O2/c1-2-15-20-13-8-9(4-6-14(13)23-15)16-21-17(24-22-16)10-3-5-11(18)12(19)7-10/h3-8H,2H2,1H3. The minimum atomic E-state index is -0.969. The van der Waals surface area contributed by atoms with E-state index in [1.807, 2.05) is 6.92 Å². The van der Waals surface area contributed by atoms with Crippen LogP contribution in [0.4, 0.5) is 8.78 Å². The third-order valence-corrected chi connectivity index (χ3v) is 3.59. The second kappa shape index (κ2) is 5.52. The van der Waals surface area contributed by atoms with E-state index in [1.165, 1.54) is 6.07 Å². The van der Waals surface area contributed by atoms with Crippen molar-refractivity contribution in [3.05, 3.63) is 53.9 Å². The molecule has 0 N–H and O–H groups in total. The van der Waals surface area contributed by atoms with Gasteiger partial charge in [0.2, 0.25) is 5.82 Å². The van der Waals surface area contributed by atoms with Crippen molar-refractivity contribution in [2.45, 2.75) is 13.3 Å². The van der Waals surface area contributed by atoms with Crippen molar-refractivity contribution >= 4 is 11.1 Å². The SMILES string of the molecule is CCc1nc2cc(-c3noc(-c4ccc(F)c(F)c4)n3)ccc2o1. The summed E-state index contributed by atoms with van der Waals surface area (Å²) in [7, 11) is 0. The van der Waals surface area contributed by atoms with E-state index in [9.17, 15) is 8.78 Å². The second-order valence-corrected chi connectivity index (χ2v) is 5.20. The molecular formula is C17H11F2N3O2. The van der Waals surface area contributed by atoms with Crippen molar-refractivity contribution in [2.24, 2.45) is 0 Å². The smallest absolute Gasteiger partial charge is 0.258 e. The average Bonchev–Trinajstić information content (AvgIpc) is 3.23. The number of hydrogen-bond donors (Lipinski definition) is 0. The zero-order chi connectivity index (χ0) is 16.7. The van der Waals surface area contributed by atoms with Crippen molar-refractivity contribution in [1.82, 2.24) is 15.1 Å². The Morgan fingerprint density at radius 1 is 0.958 bits per heavy atom. The lowest BCUT2D eigenvalue weighted by Crippen LogP contribution is -1.86. The summed E-state index contributed by atoms with van der Waals surface area (Å²) in [6.45, 7) is 1.96. The van der Waals surface area contributed by atoms with E-state index in [2.05, 4.69) is 15.1 Å². The van der Waals surface area contributed by atoms with Gasteiger partial charge in [0.15, 0.2) is 23.1 Å². The van der Waals surface area contributed by atoms with E-state index in [0.717, 1.165) is 12.1 Å². The molecular weight excluding hydrogens is 316 g/mol. The highest BCUT2D eigenvalue weighted by molar-refractivity contribution is 5.78. The first kappa shape index (κ1) is 14.5. The van der Waals surface area contributed by atoms with Gasteiger partial charge in [0, 0.05) is 17.5 Å². The number of fused-ring (bicyclic) bond motifs is 1. The summed E-state index contributed by atoms with van der Waals surface area (Å²) in [4.78, 5) is 8.59. The van der Waals surface area contributed by atoms with Crippen LogP contribution in [-0.4, -0.2) is 15.1 Å². The van der Waals surface area contributed by atoms with Crippen molar-refractivity contribution in [2.75, 3.05) is 0 Å². The van der Waals surface area contributed by atoms with Crippen molar-refractivity contribution in [3.8, 4) is 22.8 Å². The van der Waals surface area contributed by atoms with Crippen LogP contribution in [0.1, 0.15) is 12.8 Å². The Hall–Kier alpha value is -3.09. The summed E-state index contributed by atoms with van der Waals surface area (Å²) in [5.41, 5.74) is 2.38. The molecule has 2 aromatic carbocycles. The van der Waals surface area contributed by atoms with Crippen LogP contribution in [0.5, 0.6) is 0 Å². The highest BCUT2D eigenvalue weighted by atomic mass is 19.2. The molecule has 0 saturated heterocycles. The quantitative estimate of drug-likeness (QED) is 0.558. The molecule has 4 rings (SSSR count). The van der Waals surface area contributed by atoms with Crippen LogP contribution in [-0.2, 0) is 6.42 Å². The Labute approximate surface area is 134 Å². The molecule has 2 heterocycles. The van der Waals surface area contributed by atoms with Crippen molar-refractivity contribution in [3.63, 3.8) is 0 Å². The van der Waals surface area contributed by atoms with Gasteiger partial charge in [-0.05, 0) is 36.4 Å². The predicted octanol–water partition coefficient (Wildman–Crippen LogP) is 4.39. The van der Waals surface area contributed by atoms with E-state index >= 15 is 0 Å². The van der Waals surface area contributed by atoms with Gasteiger partial charge >= 0.3 is 0 Å². The number of halogens is 2. The fourth-order valence-electron chi connectivity index (χ4n) is 2.35. The van der Waals surface area contributed by atoms with E-state index in [4.69, 9.17) is 8.94 Å². The maximum absolute atomic E-state index is 13.3. The summed E-state index contributed by atoms with van der Waals surface area (Å²) in [6, 6.07) is 8.77. The molecule has 2 aromatic heterocycles. The zero-order valence-corrected chi connectivity index (χ0v) is 12.6. The first-order chi connectivity index (χ1) is 11.6. The van der Waals surface area contributed by atoms with Gasteiger partial charge in [-0.1, -0.05) is 12.1 Å². The molecule has 120 valence electrons. The van der Waals surface area contributed by atoms with Crippen LogP contribution in [0.3, 0.4) is 0 Å². The topological polar surface area (TPSA) is 65.0 Å². The Morgan fingerprint density at radius 3 is 2.58 bits per heavy atom. The molecule has 0 aliphatic heterocycles. The highest BCUT2D eigenvalue weighted by Gasteiger charge is 2.14. The molecule has 4 aromatic rings. The van der Waals surface area contributed by atoms with E-state index in [0.29, 0.717) is 40.4 Å². The summed E-state index contributed by atoms with van der Waals surface area (Å²) in [5, 5.41) is 3.89. The predicted molar refractivity (Wildman–Crippen MR) is 82.0 cm³/mol. The molecule has 5 nitrogen and oxygen atoms in total. The average molecular weight is 327 g/mol. The van der Waals surface area contributed by atoms with Crippen LogP contribution in [0.15, 0.2) is 45.3 Å². The highest BCUT2D eigenvalue weighted by Crippen LogP contribution is 2.26. The summed E-state index contributed by atoms with van der Waals surface area (Å²) in [6.07, 6.45) is 0.701. The Kier molecular flexibility index (Phi) is 3.34. The lowest BCUT2D eigenvalue weighted by molar-refractivity contribution is 0.431. The normalized spacial score (nSPS) is 11.3. The monoisotopic (exact) mass is 327 g/mol. The fourth-order valence-corrected chi connectivity index (χ4v) is 2.35. The minimum Gasteiger partial charge on any atom is -0.441 e. The summed E-state index contributed by atoms with van der Waals surface area (Å²) in [5.74, 6) is -0.807. The van der Waals surface area contributed by atoms with Gasteiger partial charge in [0.05, 0.1) is 0 Å². The molecule has 0 aliphatic rings. The molecule has 0 radical (unpaired) electrons. The molecule has 0 saturated carbocycles. The third-order valence-electron chi connectivity index (χ3n) is 3.59. The van der Waals surface area contributed by atoms with Gasteiger partial charge in [-0.25, -0.2) is 13.8 Å². The summed E-state index contributed by atoms with van der Waals surface area (Å²) >= 11 is 0. The first-order valence-electron chi connectivity index (χ1n) is 7.33. The lowest BCUT2D eigenvalue weighted by atomic mass is 10.2. The first-order valence-corrected chi connectivity index (χ1v) is 7.33. The van der Waals surface area contributed by atoms with Crippen molar-refractivity contribution in [1.29, 1.82) is 0 Å². The molecule has 0 amide bonds. The van der Waals surface area contributed by atoms with Gasteiger partial charge in [0.25, 0.3) is 5.89 Å². The van der Waals surface area contributed by atoms with Gasteiger partial charge < -0.3 is 8.94 Å². The molecule has 0 fully saturated rings. The number of oxazole rings is 1. The number of hydrogen-bond acceptors (Lipinski definition) is 5. The maximum Gasteiger partial charge on any atom is 0.258 e. The maximum atomic E-state index is 13.3. The number of rotatable bonds is 3. The van der Waals surface area contributed by atoms with Crippen LogP contribution < -0.4 is 0 Å². The molecule has 0 aliphatic carbocycles. The van der Waals surface area contributed by atoms with Gasteiger partial charge in [-0.2, -0.15) is 4.98 Å². The number of aryl methyl sites for hydroxylation is 1. The number of aromatic nitrogens is 3. The van der Waals surface area contributed by atoms with E-state index < -0.39 is 11.6 Å². The van der Waals surface area contributed by atoms with Crippen LogP contribution in [0, 0.1) is 11.6 Å². The zero-order valence-electron chi connectivity index (χ0n) is 12.6. The van der Waals surface area contributed by atoms with Gasteiger partial charge in [0.1, 0.15) is 5.52 Å². The molecule has 0 bridgehead atoms. The second-order valence-electron chi connectivity index (χ2n) is 5.20. The Bertz CT molecular complexity index is 1040. The molecule has 0 atom stereocenters. The van der Waals surface area contributed by atoms with Crippen LogP contribution >= 0.6 is 0 Å². The Morgan fingerprint density at radius 2 is 1.79 bits per heavy atom. The molecule has 7 heteroatoms. The van der Waals surface area contributed by atoms with E-state index in [-0.39, 0.29) is 5.89 Å². The minimum absolute atomic E-state index is 0.110. The van der Waals surface area contributed by atoms with Gasteiger partial charge in [-0.3, -0.25) is 0 Å². The summed E-state index contributed by atoms with van der Waals surface area (Å²) < 4.78 is 37.0. The van der Waals surface area contributed by atoms with Crippen molar-refractivity contribution < 1.29 is 17.7 Å². The largest absolute Gasteiger partial charge is 0.441 e. The third kappa shape index (κ3) is 2.44. The lowest BCUT2D eigenvalue weighted by Gasteiger charge is -1.95. The molecule has 0 spiro atoms. The molecule has 24 heavy (non-hydrogen) atoms. The molecule has 0 unspecified atom stereocenters. The van der Waals surface area contributed by atoms with Gasteiger partial charge in [-0.15, -0.1) is 0 Å².